The van der Waals surface area contributed by atoms with Crippen LogP contribution < -0.4 is 11.1 Å². The SMILES string of the molecule is CC(C)C(=O)CCCC[C@@H]1SC[C@@H]2NC(N)=N[C@@H]21. The fourth-order valence-electron chi connectivity index (χ4n) is 2.56. The van der Waals surface area contributed by atoms with Gasteiger partial charge in [-0.05, 0) is 12.8 Å². The first-order valence-electron chi connectivity index (χ1n) is 6.82. The number of Topliss-reactive ketones (excluding diaryl/α,β-unsaturated/α-hetero) is 1. The predicted octanol–water partition coefficient (Wildman–Crippen LogP) is 1.54. The highest BCUT2D eigenvalue weighted by molar-refractivity contribution is 8.00. The molecule has 18 heavy (non-hydrogen) atoms. The second kappa shape index (κ2) is 5.95. The number of carbonyl (C=O) groups excluding carboxylic acids is 1. The molecule has 102 valence electrons. The smallest absolute Gasteiger partial charge is 0.189 e. The van der Waals surface area contributed by atoms with Crippen molar-refractivity contribution in [2.45, 2.75) is 56.9 Å². The Kier molecular flexibility index (Phi) is 4.54. The van der Waals surface area contributed by atoms with Gasteiger partial charge in [-0.1, -0.05) is 20.3 Å². The fraction of sp³-hybridized carbons (Fsp3) is 0.846. The van der Waals surface area contributed by atoms with Crippen LogP contribution in [0.3, 0.4) is 0 Å². The molecular formula is C13H23N3OS. The maximum absolute atomic E-state index is 11.5. The maximum atomic E-state index is 11.5. The van der Waals surface area contributed by atoms with Crippen molar-refractivity contribution in [3.05, 3.63) is 0 Å². The molecule has 2 rings (SSSR count). The van der Waals surface area contributed by atoms with E-state index in [-0.39, 0.29) is 5.92 Å². The van der Waals surface area contributed by atoms with Gasteiger partial charge in [0.25, 0.3) is 0 Å². The zero-order valence-corrected chi connectivity index (χ0v) is 12.0. The monoisotopic (exact) mass is 269 g/mol. The first-order valence-corrected chi connectivity index (χ1v) is 7.87. The number of rotatable bonds is 6. The number of fused-ring (bicyclic) bond motifs is 1. The molecule has 2 heterocycles. The lowest BCUT2D eigenvalue weighted by Crippen LogP contribution is -2.38. The molecular weight excluding hydrogens is 246 g/mol. The summed E-state index contributed by atoms with van der Waals surface area (Å²) in [6.07, 6.45) is 4.01. The third kappa shape index (κ3) is 3.19. The lowest BCUT2D eigenvalue weighted by molar-refractivity contribution is -0.122. The molecule has 0 bridgehead atoms. The molecule has 0 spiro atoms. The molecule has 0 saturated carbocycles. The molecule has 1 fully saturated rings. The van der Waals surface area contributed by atoms with Crippen LogP contribution >= 0.6 is 11.8 Å². The van der Waals surface area contributed by atoms with Crippen LogP contribution in [0.15, 0.2) is 4.99 Å². The quantitative estimate of drug-likeness (QED) is 0.718. The summed E-state index contributed by atoms with van der Waals surface area (Å²) in [5, 5.41) is 3.80. The number of thioether (sulfide) groups is 1. The summed E-state index contributed by atoms with van der Waals surface area (Å²) in [5.41, 5.74) is 5.70. The highest BCUT2D eigenvalue weighted by Crippen LogP contribution is 2.35. The van der Waals surface area contributed by atoms with Gasteiger partial charge in [-0.2, -0.15) is 11.8 Å². The van der Waals surface area contributed by atoms with Crippen molar-refractivity contribution in [3.8, 4) is 0 Å². The first kappa shape index (κ1) is 13.7. The number of nitrogens with two attached hydrogens (primary N) is 1. The highest BCUT2D eigenvalue weighted by atomic mass is 32.2. The topological polar surface area (TPSA) is 67.5 Å². The van der Waals surface area contributed by atoms with E-state index in [4.69, 9.17) is 5.73 Å². The minimum absolute atomic E-state index is 0.179. The molecule has 0 aromatic rings. The first-order chi connectivity index (χ1) is 8.58. The third-order valence-corrected chi connectivity index (χ3v) is 5.20. The van der Waals surface area contributed by atoms with Gasteiger partial charge in [0.2, 0.25) is 0 Å². The molecule has 0 radical (unpaired) electrons. The largest absolute Gasteiger partial charge is 0.370 e. The van der Waals surface area contributed by atoms with Gasteiger partial charge in [-0.3, -0.25) is 4.79 Å². The second-order valence-electron chi connectivity index (χ2n) is 5.49. The van der Waals surface area contributed by atoms with E-state index in [0.29, 0.717) is 29.1 Å². The maximum Gasteiger partial charge on any atom is 0.189 e. The van der Waals surface area contributed by atoms with Crippen LogP contribution in [0.2, 0.25) is 0 Å². The number of hydrogen-bond donors (Lipinski definition) is 2. The molecule has 3 N–H and O–H groups in total. The van der Waals surface area contributed by atoms with E-state index < -0.39 is 0 Å². The molecule has 3 atom stereocenters. The number of nitrogens with one attached hydrogen (secondary N) is 1. The van der Waals surface area contributed by atoms with Gasteiger partial charge in [-0.15, -0.1) is 0 Å². The van der Waals surface area contributed by atoms with Crippen LogP contribution in [0.5, 0.6) is 0 Å². The van der Waals surface area contributed by atoms with Gasteiger partial charge >= 0.3 is 0 Å². The summed E-state index contributed by atoms with van der Waals surface area (Å²) in [6.45, 7) is 3.95. The Morgan fingerprint density at radius 3 is 3.06 bits per heavy atom. The van der Waals surface area contributed by atoms with Gasteiger partial charge in [0.1, 0.15) is 5.78 Å². The van der Waals surface area contributed by atoms with Gasteiger partial charge in [0.15, 0.2) is 5.96 Å². The van der Waals surface area contributed by atoms with Crippen molar-refractivity contribution in [1.82, 2.24) is 5.32 Å². The average molecular weight is 269 g/mol. The van der Waals surface area contributed by atoms with Crippen molar-refractivity contribution in [2.75, 3.05) is 5.75 Å². The van der Waals surface area contributed by atoms with E-state index in [2.05, 4.69) is 10.3 Å². The van der Waals surface area contributed by atoms with E-state index in [1.54, 1.807) is 0 Å². The van der Waals surface area contributed by atoms with Crippen LogP contribution in [0.25, 0.3) is 0 Å². The molecule has 2 aliphatic rings. The van der Waals surface area contributed by atoms with Crippen LogP contribution in [0.1, 0.15) is 39.5 Å². The minimum Gasteiger partial charge on any atom is -0.370 e. The molecule has 0 unspecified atom stereocenters. The summed E-state index contributed by atoms with van der Waals surface area (Å²) in [6, 6.07) is 0.799. The number of hydrogen-bond acceptors (Lipinski definition) is 5. The predicted molar refractivity (Wildman–Crippen MR) is 76.9 cm³/mol. The van der Waals surface area contributed by atoms with Gasteiger partial charge in [0, 0.05) is 23.3 Å². The Morgan fingerprint density at radius 2 is 2.33 bits per heavy atom. The number of aliphatic imine (C=N–C) groups is 1. The van der Waals surface area contributed by atoms with Gasteiger partial charge in [-0.25, -0.2) is 4.99 Å². The van der Waals surface area contributed by atoms with Crippen LogP contribution in [-0.2, 0) is 4.79 Å². The fourth-order valence-corrected chi connectivity index (χ4v) is 4.08. The van der Waals surface area contributed by atoms with Crippen LogP contribution in [0, 0.1) is 5.92 Å². The lowest BCUT2D eigenvalue weighted by atomic mass is 10.00. The average Bonchev–Trinajstić information content (AvgIpc) is 2.84. The van der Waals surface area contributed by atoms with E-state index in [0.717, 1.165) is 31.4 Å². The number of carbonyl (C=O) groups is 1. The summed E-state index contributed by atoms with van der Waals surface area (Å²) in [4.78, 5) is 16.0. The number of guanidine groups is 1. The normalized spacial score (nSPS) is 30.2. The standard InChI is InChI=1S/C13H23N3OS/c1-8(2)10(17)5-3-4-6-11-12-9(7-18-11)15-13(14)16-12/h8-9,11-12H,3-7H2,1-2H3,(H3,14,15,16)/t9-,11-,12-/m0/s1. The molecule has 1 saturated heterocycles. The third-order valence-electron chi connectivity index (χ3n) is 3.71. The zero-order chi connectivity index (χ0) is 13.1. The van der Waals surface area contributed by atoms with E-state index >= 15 is 0 Å². The minimum atomic E-state index is 0.179. The lowest BCUT2D eigenvalue weighted by Gasteiger charge is -2.14. The van der Waals surface area contributed by atoms with Crippen molar-refractivity contribution >= 4 is 23.5 Å². The summed E-state index contributed by atoms with van der Waals surface area (Å²) < 4.78 is 0. The van der Waals surface area contributed by atoms with E-state index in [1.165, 1.54) is 0 Å². The van der Waals surface area contributed by atoms with Crippen LogP contribution in [-0.4, -0.2) is 34.8 Å². The molecule has 0 aromatic heterocycles. The van der Waals surface area contributed by atoms with Crippen molar-refractivity contribution in [2.24, 2.45) is 16.6 Å². The number of ketones is 1. The van der Waals surface area contributed by atoms with E-state index in [1.807, 2.05) is 25.6 Å². The molecule has 0 aliphatic carbocycles. The highest BCUT2D eigenvalue weighted by Gasteiger charge is 2.39. The molecule has 0 amide bonds. The van der Waals surface area contributed by atoms with Crippen molar-refractivity contribution < 1.29 is 4.79 Å². The summed E-state index contributed by atoms with van der Waals surface area (Å²) >= 11 is 1.99. The zero-order valence-electron chi connectivity index (χ0n) is 11.2. The van der Waals surface area contributed by atoms with Gasteiger partial charge in [0.05, 0.1) is 12.1 Å². The molecule has 2 aliphatic heterocycles. The Labute approximate surface area is 113 Å². The summed E-state index contributed by atoms with van der Waals surface area (Å²) in [7, 11) is 0. The number of nitrogens with zero attached hydrogens (tertiary/aromatic N) is 1. The number of unbranched alkanes of at least 4 members (excludes halogenated alkanes) is 1. The summed E-state index contributed by atoms with van der Waals surface area (Å²) in [5.74, 6) is 2.27. The Bertz CT molecular complexity index is 343. The van der Waals surface area contributed by atoms with E-state index in [9.17, 15) is 4.79 Å². The second-order valence-corrected chi connectivity index (χ2v) is 6.77. The Hall–Kier alpha value is -0.710. The molecule has 4 nitrogen and oxygen atoms in total. The van der Waals surface area contributed by atoms with Crippen molar-refractivity contribution in [3.63, 3.8) is 0 Å². The molecule has 5 heteroatoms. The van der Waals surface area contributed by atoms with Gasteiger partial charge < -0.3 is 11.1 Å². The Balaban J connectivity index is 1.67. The Morgan fingerprint density at radius 1 is 1.56 bits per heavy atom. The molecule has 0 aromatic carbocycles. The van der Waals surface area contributed by atoms with Crippen molar-refractivity contribution in [1.29, 1.82) is 0 Å². The van der Waals surface area contributed by atoms with Crippen LogP contribution in [0.4, 0.5) is 0 Å².